The van der Waals surface area contributed by atoms with Gasteiger partial charge in [-0.3, -0.25) is 38.4 Å². The summed E-state index contributed by atoms with van der Waals surface area (Å²) in [6.45, 7) is 13.7. The zero-order valence-electron chi connectivity index (χ0n) is 45.1. The van der Waals surface area contributed by atoms with Gasteiger partial charge in [0.2, 0.25) is 41.4 Å². The Labute approximate surface area is 449 Å². The first-order chi connectivity index (χ1) is 36.4. The summed E-state index contributed by atoms with van der Waals surface area (Å²) in [6, 6.07) is 11.6. The van der Waals surface area contributed by atoms with Crippen LogP contribution in [0.25, 0.3) is 10.9 Å². The van der Waals surface area contributed by atoms with E-state index in [1.54, 1.807) is 59.0 Å². The number of H-pyrrole nitrogens is 1. The van der Waals surface area contributed by atoms with Gasteiger partial charge in [0.1, 0.15) is 48.0 Å². The molecule has 0 aliphatic carbocycles. The van der Waals surface area contributed by atoms with E-state index in [0.717, 1.165) is 11.1 Å². The molecule has 0 fully saturated rings. The molecule has 0 aliphatic heterocycles. The van der Waals surface area contributed by atoms with Gasteiger partial charge in [-0.15, -0.1) is 0 Å². The molecule has 9 unspecified atom stereocenters. The highest BCUT2D eigenvalue weighted by Gasteiger charge is 2.37. The van der Waals surface area contributed by atoms with Crippen LogP contribution in [0.5, 0.6) is 5.75 Å². The molecule has 77 heavy (non-hydrogen) atoms. The highest BCUT2D eigenvalue weighted by molar-refractivity contribution is 5.98. The fraction of sp³-hybridized carbons (Fsp3) is 0.482. The summed E-state index contributed by atoms with van der Waals surface area (Å²) in [5, 5.41) is 48.9. The summed E-state index contributed by atoms with van der Waals surface area (Å²) in [5.74, 6) is -9.98. The van der Waals surface area contributed by atoms with Crippen LogP contribution in [-0.2, 0) is 62.4 Å². The number of nitrogens with one attached hydrogen (secondary N) is 8. The van der Waals surface area contributed by atoms with E-state index in [1.807, 2.05) is 57.2 Å². The fourth-order valence-corrected chi connectivity index (χ4v) is 8.59. The Kier molecular flexibility index (Phi) is 23.6. The van der Waals surface area contributed by atoms with Gasteiger partial charge in [-0.2, -0.15) is 0 Å². The summed E-state index contributed by atoms with van der Waals surface area (Å²) in [4.78, 5) is 126. The van der Waals surface area contributed by atoms with Crippen LogP contribution in [0.3, 0.4) is 0 Å². The van der Waals surface area contributed by atoms with Crippen LogP contribution >= 0.6 is 0 Å². The Hall–Kier alpha value is -7.81. The lowest BCUT2D eigenvalue weighted by Crippen LogP contribution is -2.61. The zero-order chi connectivity index (χ0) is 57.1. The molecule has 4 aromatic rings. The van der Waals surface area contributed by atoms with Gasteiger partial charge in [0.15, 0.2) is 0 Å². The predicted octanol–water partition coefficient (Wildman–Crippen LogP) is 2.98. The van der Waals surface area contributed by atoms with Crippen LogP contribution in [0.4, 0.5) is 0 Å². The molecule has 9 atom stereocenters. The van der Waals surface area contributed by atoms with Crippen molar-refractivity contribution in [1.29, 1.82) is 0 Å². The number of phenols is 1. The van der Waals surface area contributed by atoms with Crippen LogP contribution in [0.15, 0.2) is 85.1 Å². The van der Waals surface area contributed by atoms with Crippen LogP contribution < -0.4 is 43.0 Å². The van der Waals surface area contributed by atoms with Gasteiger partial charge in [-0.1, -0.05) is 122 Å². The second-order valence-electron chi connectivity index (χ2n) is 20.7. The van der Waals surface area contributed by atoms with E-state index < -0.39 is 132 Å². The smallest absolute Gasteiger partial charge is 0.326 e. The third-order valence-electron chi connectivity index (χ3n) is 13.3. The summed E-state index contributed by atoms with van der Waals surface area (Å²) >= 11 is 0. The normalized spacial score (nSPS) is 14.9. The number of aliphatic carboxylic acids is 2. The topological polar surface area (TPSA) is 340 Å². The van der Waals surface area contributed by atoms with Gasteiger partial charge in [0.25, 0.3) is 0 Å². The lowest BCUT2D eigenvalue weighted by molar-refractivity contribution is -0.144. The lowest BCUT2D eigenvalue weighted by atomic mass is 9.95. The van der Waals surface area contributed by atoms with Crippen molar-refractivity contribution in [1.82, 2.24) is 42.2 Å². The summed E-state index contributed by atoms with van der Waals surface area (Å²) < 4.78 is 0. The van der Waals surface area contributed by atoms with Gasteiger partial charge in [-0.25, -0.2) is 4.79 Å². The maximum atomic E-state index is 14.8. The fourth-order valence-electron chi connectivity index (χ4n) is 8.59. The average molecular weight is 1070 g/mol. The number of hydrogen-bond donors (Lipinski definition) is 12. The average Bonchev–Trinajstić information content (AvgIpc) is 3.79. The Morgan fingerprint density at radius 3 is 1.62 bits per heavy atom. The van der Waals surface area contributed by atoms with E-state index >= 15 is 0 Å². The number of phenolic OH excluding ortho intramolecular Hbond substituents is 1. The number of carbonyl (C=O) groups is 9. The SMILES string of the molecule is CCC(C)C(NC(=O)C(CC(C)C)NC(=O)C(N)Cc1ccccc1)C(=O)NC(Cc1c[nH]c2ccccc12)C(=O)NC(CCC(=O)O)C(=O)NC(Cc1ccc(O)cc1)C(=O)NC(C(=O)NC(C(=O)O)C(C)C)C(C)C. The van der Waals surface area contributed by atoms with Crippen molar-refractivity contribution in [3.63, 3.8) is 0 Å². The molecular weight excluding hydrogens is 991 g/mol. The first kappa shape index (κ1) is 61.7. The van der Waals surface area contributed by atoms with Crippen LogP contribution in [0, 0.1) is 23.7 Å². The number of rotatable bonds is 30. The number of para-hydroxylation sites is 1. The number of benzene rings is 3. The Bertz CT molecular complexity index is 2660. The molecule has 0 saturated heterocycles. The minimum Gasteiger partial charge on any atom is -0.508 e. The van der Waals surface area contributed by atoms with E-state index in [2.05, 4.69) is 42.2 Å². The summed E-state index contributed by atoms with van der Waals surface area (Å²) in [5.41, 5.74) is 8.86. The molecule has 4 rings (SSSR count). The molecule has 0 spiro atoms. The summed E-state index contributed by atoms with van der Waals surface area (Å²) in [7, 11) is 0. The van der Waals surface area contributed by atoms with Crippen molar-refractivity contribution in [2.45, 2.75) is 149 Å². The lowest BCUT2D eigenvalue weighted by Gasteiger charge is -2.30. The van der Waals surface area contributed by atoms with Crippen molar-refractivity contribution in [3.8, 4) is 5.75 Å². The van der Waals surface area contributed by atoms with Crippen molar-refractivity contribution >= 4 is 64.2 Å². The Balaban J connectivity index is 1.67. The van der Waals surface area contributed by atoms with E-state index in [1.165, 1.54) is 24.3 Å². The number of hydrogen-bond acceptors (Lipinski definition) is 11. The van der Waals surface area contributed by atoms with Crippen LogP contribution in [0.2, 0.25) is 0 Å². The van der Waals surface area contributed by atoms with Crippen LogP contribution in [-0.4, -0.2) is 122 Å². The number of carbonyl (C=O) groups excluding carboxylic acids is 7. The van der Waals surface area contributed by atoms with Gasteiger partial charge in [0, 0.05) is 36.4 Å². The van der Waals surface area contributed by atoms with Gasteiger partial charge in [0.05, 0.1) is 6.04 Å². The van der Waals surface area contributed by atoms with Crippen molar-refractivity contribution in [2.24, 2.45) is 29.4 Å². The number of aromatic nitrogens is 1. The third-order valence-corrected chi connectivity index (χ3v) is 13.3. The van der Waals surface area contributed by atoms with Crippen molar-refractivity contribution in [3.05, 3.63) is 102 Å². The van der Waals surface area contributed by atoms with Crippen molar-refractivity contribution < 1.29 is 58.5 Å². The molecule has 418 valence electrons. The minimum atomic E-state index is -1.64. The molecule has 1 aromatic heterocycles. The quantitative estimate of drug-likeness (QED) is 0.0358. The Morgan fingerprint density at radius 1 is 0.532 bits per heavy atom. The van der Waals surface area contributed by atoms with E-state index in [-0.39, 0.29) is 37.4 Å². The number of nitrogens with two attached hydrogens (primary N) is 1. The highest BCUT2D eigenvalue weighted by atomic mass is 16.4. The molecule has 0 aliphatic rings. The second kappa shape index (κ2) is 29.5. The number of carboxylic acids is 2. The zero-order valence-corrected chi connectivity index (χ0v) is 45.1. The van der Waals surface area contributed by atoms with Gasteiger partial charge >= 0.3 is 11.9 Å². The molecule has 3 aromatic carbocycles. The number of carboxylic acid groups (broad SMARTS) is 2. The maximum Gasteiger partial charge on any atom is 0.326 e. The molecule has 1 heterocycles. The number of aromatic hydroxyl groups is 1. The standard InChI is InChI=1S/C56H77N9O12/c1-9-33(8)48(65-52(72)42(25-30(2)3)60-49(69)39(57)26-34-15-11-10-12-16-34)55(75)62-44(28-36-29-58-40-18-14-13-17-38(36)40)51(71)59-41(23-24-45(67)68)50(70)61-43(27-35-19-21-37(66)22-20-35)53(73)63-46(31(4)5)54(74)64-47(32(6)7)56(76)77/h10-22,29-33,39,41-44,46-48,58,66H,9,23-28,57H2,1-8H3,(H,59,71)(H,60,69)(H,61,70)(H,62,75)(H,63,73)(H,64,74)(H,65,72)(H,67,68)(H,76,77). The maximum absolute atomic E-state index is 14.8. The molecule has 0 saturated carbocycles. The first-order valence-electron chi connectivity index (χ1n) is 26.1. The first-order valence-corrected chi connectivity index (χ1v) is 26.1. The van der Waals surface area contributed by atoms with Gasteiger partial charge in [-0.05, 0) is 77.8 Å². The van der Waals surface area contributed by atoms with E-state index in [4.69, 9.17) is 5.73 Å². The molecule has 7 amide bonds. The minimum absolute atomic E-state index is 0.0770. The monoisotopic (exact) mass is 1070 g/mol. The number of fused-ring (bicyclic) bond motifs is 1. The van der Waals surface area contributed by atoms with E-state index in [0.29, 0.717) is 22.9 Å². The summed E-state index contributed by atoms with van der Waals surface area (Å²) in [6.07, 6.45) is 0.959. The number of aromatic amines is 1. The van der Waals surface area contributed by atoms with Gasteiger partial charge < -0.3 is 63.3 Å². The third kappa shape index (κ3) is 19.1. The highest BCUT2D eigenvalue weighted by Crippen LogP contribution is 2.21. The van der Waals surface area contributed by atoms with Crippen LogP contribution in [0.1, 0.15) is 97.8 Å². The van der Waals surface area contributed by atoms with E-state index in [9.17, 15) is 58.5 Å². The number of amides is 7. The van der Waals surface area contributed by atoms with Crippen molar-refractivity contribution in [2.75, 3.05) is 0 Å². The molecular formula is C56H77N9O12. The molecule has 21 nitrogen and oxygen atoms in total. The largest absolute Gasteiger partial charge is 0.508 e. The Morgan fingerprint density at radius 2 is 1.03 bits per heavy atom. The molecule has 13 N–H and O–H groups in total. The molecule has 0 radical (unpaired) electrons. The molecule has 0 bridgehead atoms. The second-order valence-corrected chi connectivity index (χ2v) is 20.7. The predicted molar refractivity (Wildman–Crippen MR) is 289 cm³/mol. The molecule has 21 heteroatoms.